The Labute approximate surface area is 197 Å². The van der Waals surface area contributed by atoms with E-state index < -0.39 is 0 Å². The summed E-state index contributed by atoms with van der Waals surface area (Å²) in [6.45, 7) is 0.385. The summed E-state index contributed by atoms with van der Waals surface area (Å²) in [5, 5.41) is 0.701. The van der Waals surface area contributed by atoms with E-state index in [0.29, 0.717) is 18.1 Å². The van der Waals surface area contributed by atoms with Crippen LogP contribution in [0.3, 0.4) is 0 Å². The first kappa shape index (κ1) is 21.0. The first-order valence-corrected chi connectivity index (χ1v) is 11.8. The number of rotatable bonds is 7. The van der Waals surface area contributed by atoms with Crippen LogP contribution in [-0.4, -0.2) is 15.9 Å². The molecule has 5 aromatic rings. The number of aromatic nitrogens is 2. The van der Waals surface area contributed by atoms with E-state index in [1.807, 2.05) is 78.9 Å². The lowest BCUT2D eigenvalue weighted by atomic mass is 9.88. The van der Waals surface area contributed by atoms with Gasteiger partial charge < -0.3 is 0 Å². The summed E-state index contributed by atoms with van der Waals surface area (Å²) in [6, 6.07) is 34.2. The number of benzene rings is 3. The Balaban J connectivity index is 1.51. The molecular weight excluding hydrogens is 426 g/mol. The average Bonchev–Trinajstić information content (AvgIpc) is 3.31. The number of para-hydroxylation sites is 1. The topological polar surface area (TPSA) is 46.1 Å². The number of carbonyl (C=O) groups excluding carboxylic acids is 1. The number of pyridine rings is 1. The molecule has 0 fully saturated rings. The summed E-state index contributed by atoms with van der Waals surface area (Å²) < 4.78 is 1.06. The van der Waals surface area contributed by atoms with Crippen LogP contribution in [0.4, 0.5) is 5.13 Å². The van der Waals surface area contributed by atoms with Gasteiger partial charge in [0.1, 0.15) is 0 Å². The van der Waals surface area contributed by atoms with Gasteiger partial charge in [0.25, 0.3) is 0 Å². The Morgan fingerprint density at radius 2 is 1.42 bits per heavy atom. The molecule has 0 atom stereocenters. The van der Waals surface area contributed by atoms with Gasteiger partial charge in [-0.25, -0.2) is 4.98 Å². The Morgan fingerprint density at radius 3 is 2.06 bits per heavy atom. The van der Waals surface area contributed by atoms with Crippen LogP contribution in [0.2, 0.25) is 0 Å². The third kappa shape index (κ3) is 4.83. The van der Waals surface area contributed by atoms with Gasteiger partial charge in [0.15, 0.2) is 5.13 Å². The molecule has 3 aromatic carbocycles. The molecule has 0 aliphatic rings. The summed E-state index contributed by atoms with van der Waals surface area (Å²) in [7, 11) is 0. The molecule has 4 nitrogen and oxygen atoms in total. The van der Waals surface area contributed by atoms with Crippen LogP contribution in [0.1, 0.15) is 29.2 Å². The van der Waals surface area contributed by atoms with Crippen LogP contribution >= 0.6 is 11.3 Å². The zero-order chi connectivity index (χ0) is 22.5. The molecule has 0 unspecified atom stereocenters. The van der Waals surface area contributed by atoms with Crippen molar-refractivity contribution in [1.82, 2.24) is 9.97 Å². The van der Waals surface area contributed by atoms with Gasteiger partial charge in [0.05, 0.1) is 22.5 Å². The Hall–Kier alpha value is -3.83. The molecule has 0 radical (unpaired) electrons. The second-order valence-electron chi connectivity index (χ2n) is 7.84. The highest BCUT2D eigenvalue weighted by Gasteiger charge is 2.25. The van der Waals surface area contributed by atoms with E-state index in [1.54, 1.807) is 11.1 Å². The van der Waals surface area contributed by atoms with Gasteiger partial charge in [0, 0.05) is 18.5 Å². The van der Waals surface area contributed by atoms with Crippen molar-refractivity contribution in [1.29, 1.82) is 0 Å². The lowest BCUT2D eigenvalue weighted by Crippen LogP contribution is -2.32. The summed E-state index contributed by atoms with van der Waals surface area (Å²) in [5.74, 6) is -0.0158. The maximum absolute atomic E-state index is 13.8. The minimum Gasteiger partial charge on any atom is -0.282 e. The van der Waals surface area contributed by atoms with Crippen LogP contribution in [-0.2, 0) is 11.3 Å². The summed E-state index contributed by atoms with van der Waals surface area (Å²) in [5.41, 5.74) is 3.98. The van der Waals surface area contributed by atoms with Gasteiger partial charge in [-0.3, -0.25) is 14.7 Å². The van der Waals surface area contributed by atoms with Gasteiger partial charge in [-0.2, -0.15) is 0 Å². The molecule has 5 heteroatoms. The first-order valence-electron chi connectivity index (χ1n) is 10.9. The Bertz CT molecular complexity index is 1260. The number of nitrogens with zero attached hydrogens (tertiary/aromatic N) is 3. The van der Waals surface area contributed by atoms with Gasteiger partial charge in [0.2, 0.25) is 5.91 Å². The third-order valence-electron chi connectivity index (χ3n) is 5.64. The molecule has 0 N–H and O–H groups in total. The molecule has 162 valence electrons. The largest absolute Gasteiger partial charge is 0.282 e. The SMILES string of the molecule is O=C(CC(c1ccccc1)c1ccccc1)N(Cc1ccccn1)c1nc2ccccc2s1. The zero-order valence-electron chi connectivity index (χ0n) is 18.0. The van der Waals surface area contributed by atoms with Crippen molar-refractivity contribution in [3.8, 4) is 0 Å². The van der Waals surface area contributed by atoms with E-state index in [4.69, 9.17) is 4.98 Å². The maximum Gasteiger partial charge on any atom is 0.230 e. The van der Waals surface area contributed by atoms with Crippen molar-refractivity contribution < 1.29 is 4.79 Å². The van der Waals surface area contributed by atoms with Crippen molar-refractivity contribution in [2.24, 2.45) is 0 Å². The molecule has 0 saturated carbocycles. The summed E-state index contributed by atoms with van der Waals surface area (Å²) in [4.78, 5) is 24.9. The number of hydrogen-bond acceptors (Lipinski definition) is 4. The van der Waals surface area contributed by atoms with Gasteiger partial charge in [-0.1, -0.05) is 90.2 Å². The third-order valence-corrected chi connectivity index (χ3v) is 6.70. The maximum atomic E-state index is 13.8. The number of anilines is 1. The highest BCUT2D eigenvalue weighted by atomic mass is 32.1. The number of amides is 1. The van der Waals surface area contributed by atoms with Crippen molar-refractivity contribution in [3.05, 3.63) is 126 Å². The fraction of sp³-hybridized carbons (Fsp3) is 0.107. The molecule has 1 amide bonds. The van der Waals surface area contributed by atoms with Crippen LogP contribution in [0.25, 0.3) is 10.2 Å². The minimum atomic E-state index is -0.0412. The normalized spacial score (nSPS) is 11.1. The highest BCUT2D eigenvalue weighted by Crippen LogP contribution is 2.33. The predicted octanol–water partition coefficient (Wildman–Crippen LogP) is 6.45. The quantitative estimate of drug-likeness (QED) is 0.287. The summed E-state index contributed by atoms with van der Waals surface area (Å²) in [6.07, 6.45) is 2.10. The van der Waals surface area contributed by atoms with Gasteiger partial charge in [-0.05, 0) is 35.4 Å². The van der Waals surface area contributed by atoms with Crippen LogP contribution < -0.4 is 4.90 Å². The van der Waals surface area contributed by atoms with E-state index in [0.717, 1.165) is 27.0 Å². The lowest BCUT2D eigenvalue weighted by Gasteiger charge is -2.24. The van der Waals surface area contributed by atoms with E-state index in [-0.39, 0.29) is 11.8 Å². The smallest absolute Gasteiger partial charge is 0.230 e. The molecule has 0 spiro atoms. The van der Waals surface area contributed by atoms with Crippen molar-refractivity contribution in [3.63, 3.8) is 0 Å². The fourth-order valence-electron chi connectivity index (χ4n) is 3.98. The van der Waals surface area contributed by atoms with Gasteiger partial charge >= 0.3 is 0 Å². The van der Waals surface area contributed by atoms with Crippen LogP contribution in [0.15, 0.2) is 109 Å². The molecule has 0 aliphatic heterocycles. The molecule has 2 aromatic heterocycles. The van der Waals surface area contributed by atoms with Crippen molar-refractivity contribution >= 4 is 32.6 Å². The second kappa shape index (κ2) is 9.76. The molecule has 2 heterocycles. The van der Waals surface area contributed by atoms with Crippen molar-refractivity contribution in [2.75, 3.05) is 4.90 Å². The van der Waals surface area contributed by atoms with Gasteiger partial charge in [-0.15, -0.1) is 0 Å². The number of hydrogen-bond donors (Lipinski definition) is 0. The Kier molecular flexibility index (Phi) is 6.22. The van der Waals surface area contributed by atoms with E-state index in [1.165, 1.54) is 11.3 Å². The van der Waals surface area contributed by atoms with Crippen molar-refractivity contribution in [2.45, 2.75) is 18.9 Å². The fourth-order valence-corrected chi connectivity index (χ4v) is 4.96. The summed E-state index contributed by atoms with van der Waals surface area (Å²) >= 11 is 1.54. The average molecular weight is 450 g/mol. The molecule has 33 heavy (non-hydrogen) atoms. The molecule has 0 bridgehead atoms. The highest BCUT2D eigenvalue weighted by molar-refractivity contribution is 7.22. The molecule has 0 aliphatic carbocycles. The molecule has 5 rings (SSSR count). The van der Waals surface area contributed by atoms with Crippen LogP contribution in [0, 0.1) is 0 Å². The number of thiazole rings is 1. The Morgan fingerprint density at radius 1 is 0.788 bits per heavy atom. The number of fused-ring (bicyclic) bond motifs is 1. The monoisotopic (exact) mass is 449 g/mol. The minimum absolute atomic E-state index is 0.0254. The standard InChI is InChI=1S/C28H23N3OS/c32-27(19-24(21-11-3-1-4-12-21)22-13-5-2-6-14-22)31(20-23-15-9-10-18-29-23)28-30-25-16-7-8-17-26(25)33-28/h1-18,24H,19-20H2. The predicted molar refractivity (Wildman–Crippen MR) is 134 cm³/mol. The van der Waals surface area contributed by atoms with E-state index >= 15 is 0 Å². The molecule has 0 saturated heterocycles. The van der Waals surface area contributed by atoms with E-state index in [2.05, 4.69) is 29.2 Å². The lowest BCUT2D eigenvalue weighted by molar-refractivity contribution is -0.119. The van der Waals surface area contributed by atoms with Crippen LogP contribution in [0.5, 0.6) is 0 Å². The number of carbonyl (C=O) groups is 1. The van der Waals surface area contributed by atoms with E-state index in [9.17, 15) is 4.79 Å². The zero-order valence-corrected chi connectivity index (χ0v) is 18.9. The molecular formula is C28H23N3OS. The first-order chi connectivity index (χ1) is 16.3. The second-order valence-corrected chi connectivity index (χ2v) is 8.85.